The van der Waals surface area contributed by atoms with Crippen LogP contribution in [0.3, 0.4) is 0 Å². The molecule has 41 valence electrons. The summed E-state index contributed by atoms with van der Waals surface area (Å²) in [6.45, 7) is 0. The third-order valence-electron chi connectivity index (χ3n) is 0.824. The molecule has 0 saturated heterocycles. The molecular formula is C6H4LiO2. The molecule has 0 bridgehead atoms. The summed E-state index contributed by atoms with van der Waals surface area (Å²) in [5.41, 5.74) is 0. The smallest absolute Gasteiger partial charge is 0.178 e. The summed E-state index contributed by atoms with van der Waals surface area (Å²) in [7, 11) is 0. The van der Waals surface area contributed by atoms with Gasteiger partial charge < -0.3 is 0 Å². The van der Waals surface area contributed by atoms with E-state index in [1.807, 2.05) is 0 Å². The molecule has 0 spiro atoms. The second kappa shape index (κ2) is 3.44. The van der Waals surface area contributed by atoms with Crippen molar-refractivity contribution in [1.29, 1.82) is 0 Å². The van der Waals surface area contributed by atoms with Crippen molar-refractivity contribution >= 4 is 30.4 Å². The van der Waals surface area contributed by atoms with Crippen LogP contribution in [-0.4, -0.2) is 30.4 Å². The summed E-state index contributed by atoms with van der Waals surface area (Å²) < 4.78 is 0. The van der Waals surface area contributed by atoms with Gasteiger partial charge in [-0.2, -0.15) is 0 Å². The molecule has 2 nitrogen and oxygen atoms in total. The van der Waals surface area contributed by atoms with Crippen molar-refractivity contribution in [2.24, 2.45) is 0 Å². The molecule has 0 aliphatic heterocycles. The van der Waals surface area contributed by atoms with Crippen molar-refractivity contribution in [2.75, 3.05) is 0 Å². The molecule has 1 aliphatic rings. The predicted molar refractivity (Wildman–Crippen MR) is 34.0 cm³/mol. The summed E-state index contributed by atoms with van der Waals surface area (Å²) in [5.74, 6) is -0.241. The number of carbonyl (C=O) groups is 2. The topological polar surface area (TPSA) is 34.1 Å². The first-order chi connectivity index (χ1) is 3.79. The standard InChI is InChI=1S/C6H4O2.Li/c7-5-1-2-6(8)4-3-5;/h1-4H;. The van der Waals surface area contributed by atoms with E-state index in [4.69, 9.17) is 0 Å². The number of ketones is 2. The van der Waals surface area contributed by atoms with Gasteiger partial charge in [0, 0.05) is 18.9 Å². The minimum Gasteiger partial charge on any atom is -0.290 e. The summed E-state index contributed by atoms with van der Waals surface area (Å²) in [4.78, 5) is 20.6. The Hall–Kier alpha value is -0.583. The van der Waals surface area contributed by atoms with Crippen LogP contribution >= 0.6 is 0 Å². The van der Waals surface area contributed by atoms with Crippen LogP contribution < -0.4 is 0 Å². The molecule has 9 heavy (non-hydrogen) atoms. The molecule has 1 rings (SSSR count). The zero-order chi connectivity index (χ0) is 5.98. The Morgan fingerprint density at radius 3 is 1.22 bits per heavy atom. The second-order valence-corrected chi connectivity index (χ2v) is 1.47. The molecule has 0 unspecified atom stereocenters. The van der Waals surface area contributed by atoms with Crippen LogP contribution in [-0.2, 0) is 9.59 Å². The quantitative estimate of drug-likeness (QED) is 0.325. The van der Waals surface area contributed by atoms with Gasteiger partial charge in [0.15, 0.2) is 11.6 Å². The molecule has 1 aliphatic carbocycles. The molecule has 1 radical (unpaired) electrons. The number of hydrogen-bond donors (Lipinski definition) is 0. The Labute approximate surface area is 64.8 Å². The number of hydrogen-bond acceptors (Lipinski definition) is 2. The van der Waals surface area contributed by atoms with Gasteiger partial charge in [-0.3, -0.25) is 9.59 Å². The monoisotopic (exact) mass is 115 g/mol. The van der Waals surface area contributed by atoms with Crippen molar-refractivity contribution in [3.63, 3.8) is 0 Å². The number of allylic oxidation sites excluding steroid dienone is 4. The first-order valence-corrected chi connectivity index (χ1v) is 2.23. The van der Waals surface area contributed by atoms with E-state index in [0.29, 0.717) is 0 Å². The van der Waals surface area contributed by atoms with E-state index in [2.05, 4.69) is 0 Å². The van der Waals surface area contributed by atoms with E-state index in [-0.39, 0.29) is 30.4 Å². The first kappa shape index (κ1) is 8.42. The maximum absolute atomic E-state index is 10.3. The molecule has 0 amide bonds. The summed E-state index contributed by atoms with van der Waals surface area (Å²) in [6, 6.07) is 0. The SMILES string of the molecule is O=C1C=CC(=O)C=C1.[Li]. The first-order valence-electron chi connectivity index (χ1n) is 2.23. The van der Waals surface area contributed by atoms with Gasteiger partial charge in [-0.1, -0.05) is 0 Å². The summed E-state index contributed by atoms with van der Waals surface area (Å²) in [5, 5.41) is 0. The van der Waals surface area contributed by atoms with Gasteiger partial charge in [-0.05, 0) is 24.3 Å². The van der Waals surface area contributed by atoms with Gasteiger partial charge in [0.25, 0.3) is 0 Å². The van der Waals surface area contributed by atoms with Gasteiger partial charge in [-0.15, -0.1) is 0 Å². The molecule has 0 fully saturated rings. The molecule has 3 heteroatoms. The Bertz CT molecular complexity index is 153. The van der Waals surface area contributed by atoms with Crippen LogP contribution in [0.2, 0.25) is 0 Å². The van der Waals surface area contributed by atoms with E-state index < -0.39 is 0 Å². The molecule has 0 aromatic heterocycles. The van der Waals surface area contributed by atoms with Crippen LogP contribution in [0.1, 0.15) is 0 Å². The Morgan fingerprint density at radius 1 is 0.778 bits per heavy atom. The summed E-state index contributed by atoms with van der Waals surface area (Å²) >= 11 is 0. The second-order valence-electron chi connectivity index (χ2n) is 1.47. The van der Waals surface area contributed by atoms with Crippen molar-refractivity contribution < 1.29 is 9.59 Å². The number of carbonyl (C=O) groups excluding carboxylic acids is 2. The van der Waals surface area contributed by atoms with E-state index >= 15 is 0 Å². The third kappa shape index (κ3) is 2.45. The Kier molecular flexibility index (Phi) is 3.22. The molecule has 0 N–H and O–H groups in total. The minimum atomic E-state index is -0.121. The maximum Gasteiger partial charge on any atom is 0.178 e. The predicted octanol–water partition coefficient (Wildman–Crippen LogP) is -0.130. The minimum absolute atomic E-state index is 0. The normalized spacial score (nSPS) is 15.6. The van der Waals surface area contributed by atoms with Crippen LogP contribution in [0.5, 0.6) is 0 Å². The zero-order valence-corrected chi connectivity index (χ0v) is 5.13. The largest absolute Gasteiger partial charge is 0.290 e. The van der Waals surface area contributed by atoms with E-state index in [1.54, 1.807) is 0 Å². The van der Waals surface area contributed by atoms with Crippen LogP contribution in [0.15, 0.2) is 24.3 Å². The fraction of sp³-hybridized carbons (Fsp3) is 0. The number of rotatable bonds is 0. The molecule has 0 aromatic rings. The fourth-order valence-electron chi connectivity index (χ4n) is 0.440. The van der Waals surface area contributed by atoms with Crippen LogP contribution in [0.25, 0.3) is 0 Å². The van der Waals surface area contributed by atoms with Gasteiger partial charge in [0.2, 0.25) is 0 Å². The average molecular weight is 115 g/mol. The van der Waals surface area contributed by atoms with Gasteiger partial charge in [0.05, 0.1) is 0 Å². The fourth-order valence-corrected chi connectivity index (χ4v) is 0.440. The van der Waals surface area contributed by atoms with Crippen molar-refractivity contribution in [3.05, 3.63) is 24.3 Å². The molecule has 0 atom stereocenters. The molecule has 0 heterocycles. The zero-order valence-electron chi connectivity index (χ0n) is 5.13. The molecule has 0 saturated carbocycles. The average Bonchev–Trinajstić information content (AvgIpc) is 1.77. The molecular weight excluding hydrogens is 111 g/mol. The van der Waals surface area contributed by atoms with Crippen molar-refractivity contribution in [3.8, 4) is 0 Å². The Morgan fingerprint density at radius 2 is 1.00 bits per heavy atom. The van der Waals surface area contributed by atoms with Gasteiger partial charge in [0.1, 0.15) is 0 Å². The summed E-state index contributed by atoms with van der Waals surface area (Å²) in [6.07, 6.45) is 5.01. The van der Waals surface area contributed by atoms with E-state index in [0.717, 1.165) is 0 Å². The van der Waals surface area contributed by atoms with Gasteiger partial charge >= 0.3 is 0 Å². The van der Waals surface area contributed by atoms with Gasteiger partial charge in [-0.25, -0.2) is 0 Å². The maximum atomic E-state index is 10.3. The van der Waals surface area contributed by atoms with E-state index in [1.165, 1.54) is 24.3 Å². The third-order valence-corrected chi connectivity index (χ3v) is 0.824. The molecule has 0 aromatic carbocycles. The van der Waals surface area contributed by atoms with Crippen LogP contribution in [0.4, 0.5) is 0 Å². The van der Waals surface area contributed by atoms with Crippen molar-refractivity contribution in [1.82, 2.24) is 0 Å². The van der Waals surface area contributed by atoms with Crippen LogP contribution in [0, 0.1) is 0 Å². The van der Waals surface area contributed by atoms with E-state index in [9.17, 15) is 9.59 Å². The Balaban J connectivity index is 0.000000640. The van der Waals surface area contributed by atoms with Crippen molar-refractivity contribution in [2.45, 2.75) is 0 Å².